The van der Waals surface area contributed by atoms with Crippen molar-refractivity contribution in [3.63, 3.8) is 0 Å². The van der Waals surface area contributed by atoms with Crippen LogP contribution in [0.4, 0.5) is 0 Å². The first kappa shape index (κ1) is 8.02. The average Bonchev–Trinajstić information content (AvgIpc) is 1.88. The van der Waals surface area contributed by atoms with Crippen LogP contribution in [0.3, 0.4) is 0 Å². The lowest BCUT2D eigenvalue weighted by Gasteiger charge is -2.33. The lowest BCUT2D eigenvalue weighted by atomic mass is 9.83. The summed E-state index contributed by atoms with van der Waals surface area (Å²) in [5.41, 5.74) is 5.98. The van der Waals surface area contributed by atoms with Gasteiger partial charge in [0.2, 0.25) is 0 Å². The van der Waals surface area contributed by atoms with Gasteiger partial charge in [-0.05, 0) is 45.7 Å². The third kappa shape index (κ3) is 1.96. The average molecular weight is 142 g/mol. The maximum atomic E-state index is 5.97. The Balaban J connectivity index is 2.39. The van der Waals surface area contributed by atoms with Crippen LogP contribution in [0.25, 0.3) is 0 Å². The van der Waals surface area contributed by atoms with E-state index in [-0.39, 0.29) is 5.54 Å². The molecule has 2 heteroatoms. The van der Waals surface area contributed by atoms with Crippen molar-refractivity contribution in [2.45, 2.75) is 32.2 Å². The molecule has 0 radical (unpaired) electrons. The van der Waals surface area contributed by atoms with Crippen LogP contribution in [-0.4, -0.2) is 18.6 Å². The van der Waals surface area contributed by atoms with Crippen LogP contribution in [0, 0.1) is 5.92 Å². The van der Waals surface area contributed by atoms with E-state index in [2.05, 4.69) is 19.2 Å². The van der Waals surface area contributed by atoms with E-state index in [1.807, 2.05) is 0 Å². The maximum Gasteiger partial charge on any atom is 0.0137 e. The molecule has 1 aliphatic rings. The molecule has 2 nitrogen and oxygen atoms in total. The van der Waals surface area contributed by atoms with E-state index >= 15 is 0 Å². The summed E-state index contributed by atoms with van der Waals surface area (Å²) in [6.45, 7) is 6.51. The van der Waals surface area contributed by atoms with Gasteiger partial charge in [-0.25, -0.2) is 0 Å². The molecule has 1 atom stereocenters. The van der Waals surface area contributed by atoms with Crippen LogP contribution >= 0.6 is 0 Å². The van der Waals surface area contributed by atoms with E-state index < -0.39 is 0 Å². The summed E-state index contributed by atoms with van der Waals surface area (Å²) >= 11 is 0. The molecule has 1 rings (SSSR count). The van der Waals surface area contributed by atoms with Gasteiger partial charge < -0.3 is 11.1 Å². The maximum absolute atomic E-state index is 5.97. The second-order valence-corrected chi connectivity index (χ2v) is 3.86. The third-order valence-electron chi connectivity index (χ3n) is 2.35. The van der Waals surface area contributed by atoms with Gasteiger partial charge in [0, 0.05) is 5.54 Å². The normalized spacial score (nSPS) is 28.5. The summed E-state index contributed by atoms with van der Waals surface area (Å²) in [6.07, 6.45) is 2.57. The molecular formula is C8H18N2. The first-order chi connectivity index (χ1) is 4.61. The Hall–Kier alpha value is -0.0800. The predicted octanol–water partition coefficient (Wildman–Crippen LogP) is 0.723. The van der Waals surface area contributed by atoms with Crippen LogP contribution in [-0.2, 0) is 0 Å². The molecule has 0 spiro atoms. The van der Waals surface area contributed by atoms with Crippen molar-refractivity contribution in [3.05, 3.63) is 0 Å². The fraction of sp³-hybridized carbons (Fsp3) is 1.00. The van der Waals surface area contributed by atoms with Crippen molar-refractivity contribution in [1.82, 2.24) is 5.32 Å². The monoisotopic (exact) mass is 142 g/mol. The first-order valence-electron chi connectivity index (χ1n) is 4.10. The fourth-order valence-corrected chi connectivity index (χ4v) is 1.49. The molecule has 60 valence electrons. The minimum absolute atomic E-state index is 0.00736. The Morgan fingerprint density at radius 3 is 2.50 bits per heavy atom. The minimum Gasteiger partial charge on any atom is -0.325 e. The predicted molar refractivity (Wildman–Crippen MR) is 43.9 cm³/mol. The van der Waals surface area contributed by atoms with Crippen molar-refractivity contribution in [2.24, 2.45) is 11.7 Å². The number of hydrogen-bond acceptors (Lipinski definition) is 2. The Kier molecular flexibility index (Phi) is 2.32. The van der Waals surface area contributed by atoms with Crippen LogP contribution in [0.5, 0.6) is 0 Å². The van der Waals surface area contributed by atoms with Gasteiger partial charge >= 0.3 is 0 Å². The molecular weight excluding hydrogens is 124 g/mol. The van der Waals surface area contributed by atoms with E-state index in [4.69, 9.17) is 5.73 Å². The highest BCUT2D eigenvalue weighted by Gasteiger charge is 2.25. The molecule has 1 fully saturated rings. The lowest BCUT2D eigenvalue weighted by Crippen LogP contribution is -2.48. The SMILES string of the molecule is CC(C)(N)[C@@H]1CCCNC1. The first-order valence-corrected chi connectivity index (χ1v) is 4.10. The van der Waals surface area contributed by atoms with Crippen LogP contribution in [0.1, 0.15) is 26.7 Å². The molecule has 1 saturated heterocycles. The molecule has 1 aliphatic heterocycles. The molecule has 0 aromatic carbocycles. The highest BCUT2D eigenvalue weighted by molar-refractivity contribution is 4.85. The van der Waals surface area contributed by atoms with E-state index in [1.165, 1.54) is 19.4 Å². The van der Waals surface area contributed by atoms with Gasteiger partial charge in [0.25, 0.3) is 0 Å². The Morgan fingerprint density at radius 1 is 1.50 bits per heavy atom. The molecule has 0 amide bonds. The number of hydrogen-bond donors (Lipinski definition) is 2. The number of piperidine rings is 1. The molecule has 10 heavy (non-hydrogen) atoms. The summed E-state index contributed by atoms with van der Waals surface area (Å²) in [5, 5.41) is 3.36. The Labute approximate surface area is 63.2 Å². The Bertz CT molecular complexity index is 98.3. The smallest absolute Gasteiger partial charge is 0.0137 e. The van der Waals surface area contributed by atoms with Crippen molar-refractivity contribution in [3.8, 4) is 0 Å². The van der Waals surface area contributed by atoms with Crippen LogP contribution in [0.15, 0.2) is 0 Å². The standard InChI is InChI=1S/C8H18N2/c1-8(2,9)7-4-3-5-10-6-7/h7,10H,3-6,9H2,1-2H3/t7-/m1/s1. The van der Waals surface area contributed by atoms with Crippen LogP contribution in [0.2, 0.25) is 0 Å². The number of nitrogens with one attached hydrogen (secondary N) is 1. The van der Waals surface area contributed by atoms with E-state index in [9.17, 15) is 0 Å². The fourth-order valence-electron chi connectivity index (χ4n) is 1.49. The van der Waals surface area contributed by atoms with E-state index in [0.717, 1.165) is 6.54 Å². The summed E-state index contributed by atoms with van der Waals surface area (Å²) in [5.74, 6) is 0.668. The molecule has 1 heterocycles. The summed E-state index contributed by atoms with van der Waals surface area (Å²) in [4.78, 5) is 0. The zero-order valence-corrected chi connectivity index (χ0v) is 6.98. The van der Waals surface area contributed by atoms with Gasteiger partial charge in [-0.3, -0.25) is 0 Å². The number of rotatable bonds is 1. The summed E-state index contributed by atoms with van der Waals surface area (Å²) < 4.78 is 0. The molecule has 0 bridgehead atoms. The largest absolute Gasteiger partial charge is 0.325 e. The topological polar surface area (TPSA) is 38.0 Å². The van der Waals surface area contributed by atoms with E-state index in [1.54, 1.807) is 0 Å². The molecule has 0 aliphatic carbocycles. The van der Waals surface area contributed by atoms with Crippen molar-refractivity contribution in [2.75, 3.05) is 13.1 Å². The minimum atomic E-state index is 0.00736. The zero-order valence-electron chi connectivity index (χ0n) is 6.98. The highest BCUT2D eigenvalue weighted by Crippen LogP contribution is 2.20. The molecule has 3 N–H and O–H groups in total. The Morgan fingerprint density at radius 2 is 2.20 bits per heavy atom. The van der Waals surface area contributed by atoms with Crippen molar-refractivity contribution < 1.29 is 0 Å². The van der Waals surface area contributed by atoms with Crippen molar-refractivity contribution >= 4 is 0 Å². The van der Waals surface area contributed by atoms with E-state index in [0.29, 0.717) is 5.92 Å². The van der Waals surface area contributed by atoms with Gasteiger partial charge in [0.1, 0.15) is 0 Å². The van der Waals surface area contributed by atoms with Gasteiger partial charge in [-0.2, -0.15) is 0 Å². The third-order valence-corrected chi connectivity index (χ3v) is 2.35. The second-order valence-electron chi connectivity index (χ2n) is 3.86. The molecule has 0 saturated carbocycles. The molecule has 0 unspecified atom stereocenters. The summed E-state index contributed by atoms with van der Waals surface area (Å²) in [6, 6.07) is 0. The summed E-state index contributed by atoms with van der Waals surface area (Å²) in [7, 11) is 0. The quantitative estimate of drug-likeness (QED) is 0.566. The van der Waals surface area contributed by atoms with Crippen LogP contribution < -0.4 is 11.1 Å². The highest BCUT2D eigenvalue weighted by atomic mass is 14.9. The lowest BCUT2D eigenvalue weighted by molar-refractivity contribution is 0.255. The van der Waals surface area contributed by atoms with Gasteiger partial charge in [-0.15, -0.1) is 0 Å². The number of nitrogens with two attached hydrogens (primary N) is 1. The second kappa shape index (κ2) is 2.89. The van der Waals surface area contributed by atoms with Crippen molar-refractivity contribution in [1.29, 1.82) is 0 Å². The molecule has 0 aromatic heterocycles. The van der Waals surface area contributed by atoms with Gasteiger partial charge in [-0.1, -0.05) is 0 Å². The van der Waals surface area contributed by atoms with Gasteiger partial charge in [0.15, 0.2) is 0 Å². The molecule has 0 aromatic rings. The van der Waals surface area contributed by atoms with Gasteiger partial charge in [0.05, 0.1) is 0 Å². The zero-order chi connectivity index (χ0) is 7.61.